The van der Waals surface area contributed by atoms with Gasteiger partial charge in [-0.25, -0.2) is 4.39 Å². The van der Waals surface area contributed by atoms with E-state index < -0.39 is 0 Å². The van der Waals surface area contributed by atoms with Crippen molar-refractivity contribution < 1.29 is 4.39 Å². The maximum absolute atomic E-state index is 13.9. The third kappa shape index (κ3) is 3.19. The number of thiophene rings is 1. The van der Waals surface area contributed by atoms with Gasteiger partial charge in [0.2, 0.25) is 0 Å². The van der Waals surface area contributed by atoms with Gasteiger partial charge in [0.1, 0.15) is 5.82 Å². The summed E-state index contributed by atoms with van der Waals surface area (Å²) in [7, 11) is 0. The summed E-state index contributed by atoms with van der Waals surface area (Å²) >= 11 is 8.33. The Bertz CT molecular complexity index is 545. The Labute approximate surface area is 126 Å². The molecule has 3 N–H and O–H groups in total. The molecule has 0 aliphatic heterocycles. The highest BCUT2D eigenvalue weighted by atomic mass is 79.9. The van der Waals surface area contributed by atoms with E-state index >= 15 is 0 Å². The van der Waals surface area contributed by atoms with Crippen molar-refractivity contribution in [1.82, 2.24) is 5.43 Å². The molecule has 1 aromatic carbocycles. The smallest absolute Gasteiger partial charge is 0.129 e. The van der Waals surface area contributed by atoms with E-state index in [1.165, 1.54) is 6.07 Å². The van der Waals surface area contributed by atoms with Gasteiger partial charge in [-0.15, -0.1) is 11.3 Å². The summed E-state index contributed by atoms with van der Waals surface area (Å²) < 4.78 is 15.6. The lowest BCUT2D eigenvalue weighted by molar-refractivity contribution is 0.512. The maximum atomic E-state index is 13.9. The lowest BCUT2D eigenvalue weighted by Crippen LogP contribution is -2.30. The number of halogens is 3. The predicted molar refractivity (Wildman–Crippen MR) is 79.9 cm³/mol. The second-order valence-corrected chi connectivity index (χ2v) is 6.55. The van der Waals surface area contributed by atoms with Crippen molar-refractivity contribution in [1.29, 1.82) is 0 Å². The van der Waals surface area contributed by atoms with E-state index in [2.05, 4.69) is 37.3 Å². The van der Waals surface area contributed by atoms with Crippen LogP contribution in [0, 0.1) is 5.82 Å². The SMILES string of the molecule is NNC(Cc1sccc1Br)c1ccc(Br)cc1F. The first-order chi connectivity index (χ1) is 8.61. The van der Waals surface area contributed by atoms with Crippen LogP contribution in [0.1, 0.15) is 16.5 Å². The van der Waals surface area contributed by atoms with Crippen molar-refractivity contribution in [3.05, 3.63) is 54.8 Å². The minimum Gasteiger partial charge on any atom is -0.271 e. The minimum absolute atomic E-state index is 0.243. The fourth-order valence-electron chi connectivity index (χ4n) is 1.70. The van der Waals surface area contributed by atoms with Crippen LogP contribution in [0.25, 0.3) is 0 Å². The Morgan fingerprint density at radius 2 is 2.11 bits per heavy atom. The number of rotatable bonds is 4. The molecule has 0 fully saturated rings. The van der Waals surface area contributed by atoms with E-state index in [1.807, 2.05) is 17.5 Å². The minimum atomic E-state index is -0.264. The van der Waals surface area contributed by atoms with Crippen molar-refractivity contribution in [2.24, 2.45) is 5.84 Å². The zero-order chi connectivity index (χ0) is 13.1. The Balaban J connectivity index is 2.26. The molecular weight excluding hydrogens is 383 g/mol. The first-order valence-corrected chi connectivity index (χ1v) is 7.71. The lowest BCUT2D eigenvalue weighted by Gasteiger charge is -2.16. The molecule has 0 saturated heterocycles. The average molecular weight is 394 g/mol. The molecule has 0 aliphatic rings. The number of nitrogens with two attached hydrogens (primary N) is 1. The molecule has 2 aromatic rings. The van der Waals surface area contributed by atoms with Crippen LogP contribution in [0.15, 0.2) is 38.6 Å². The molecule has 2 nitrogen and oxygen atoms in total. The molecule has 1 unspecified atom stereocenters. The van der Waals surface area contributed by atoms with Gasteiger partial charge in [0.25, 0.3) is 0 Å². The van der Waals surface area contributed by atoms with Crippen molar-refractivity contribution >= 4 is 43.2 Å². The molecule has 6 heteroatoms. The number of hydrogen-bond donors (Lipinski definition) is 2. The maximum Gasteiger partial charge on any atom is 0.129 e. The number of hydrazine groups is 1. The van der Waals surface area contributed by atoms with Crippen molar-refractivity contribution in [3.8, 4) is 0 Å². The first-order valence-electron chi connectivity index (χ1n) is 5.24. The predicted octanol–water partition coefficient (Wildman–Crippen LogP) is 4.16. The summed E-state index contributed by atoms with van der Waals surface area (Å²) in [6.07, 6.45) is 0.646. The van der Waals surface area contributed by atoms with Gasteiger partial charge in [-0.1, -0.05) is 22.0 Å². The quantitative estimate of drug-likeness (QED) is 0.604. The van der Waals surface area contributed by atoms with E-state index in [-0.39, 0.29) is 11.9 Å². The fourth-order valence-corrected chi connectivity index (χ4v) is 3.59. The molecule has 1 atom stereocenters. The molecule has 0 spiro atoms. The average Bonchev–Trinajstić information content (AvgIpc) is 2.73. The summed E-state index contributed by atoms with van der Waals surface area (Å²) in [5.74, 6) is 5.28. The Kier molecular flexibility index (Phi) is 4.91. The van der Waals surface area contributed by atoms with Gasteiger partial charge in [0.05, 0.1) is 6.04 Å². The summed E-state index contributed by atoms with van der Waals surface area (Å²) in [6, 6.07) is 6.74. The van der Waals surface area contributed by atoms with Crippen LogP contribution < -0.4 is 11.3 Å². The summed E-state index contributed by atoms with van der Waals surface area (Å²) in [4.78, 5) is 1.14. The van der Waals surface area contributed by atoms with E-state index in [9.17, 15) is 4.39 Å². The van der Waals surface area contributed by atoms with Crippen LogP contribution in [0.4, 0.5) is 4.39 Å². The van der Waals surface area contributed by atoms with Gasteiger partial charge in [-0.3, -0.25) is 11.3 Å². The normalized spacial score (nSPS) is 12.7. The van der Waals surface area contributed by atoms with Crippen LogP contribution >= 0.6 is 43.2 Å². The monoisotopic (exact) mass is 392 g/mol. The van der Waals surface area contributed by atoms with E-state index in [0.29, 0.717) is 12.0 Å². The van der Waals surface area contributed by atoms with Crippen LogP contribution in [0.3, 0.4) is 0 Å². The van der Waals surface area contributed by atoms with E-state index in [1.54, 1.807) is 17.4 Å². The molecule has 1 heterocycles. The van der Waals surface area contributed by atoms with Gasteiger partial charge < -0.3 is 0 Å². The number of nitrogens with one attached hydrogen (secondary N) is 1. The lowest BCUT2D eigenvalue weighted by atomic mass is 10.0. The van der Waals surface area contributed by atoms with Gasteiger partial charge in [0.15, 0.2) is 0 Å². The number of hydrogen-bond acceptors (Lipinski definition) is 3. The highest BCUT2D eigenvalue weighted by Gasteiger charge is 2.17. The fraction of sp³-hybridized carbons (Fsp3) is 0.167. The Morgan fingerprint density at radius 1 is 1.33 bits per heavy atom. The molecular formula is C12H11Br2FN2S. The molecule has 0 aliphatic carbocycles. The van der Waals surface area contributed by atoms with Crippen molar-refractivity contribution in [2.45, 2.75) is 12.5 Å². The third-order valence-electron chi connectivity index (χ3n) is 2.62. The second-order valence-electron chi connectivity index (χ2n) is 3.78. The second kappa shape index (κ2) is 6.25. The van der Waals surface area contributed by atoms with Gasteiger partial charge in [-0.05, 0) is 39.5 Å². The summed E-state index contributed by atoms with van der Waals surface area (Å²) in [5, 5.41) is 1.99. The van der Waals surface area contributed by atoms with E-state index in [4.69, 9.17) is 5.84 Å². The van der Waals surface area contributed by atoms with Crippen LogP contribution in [0.5, 0.6) is 0 Å². The zero-order valence-electron chi connectivity index (χ0n) is 9.29. The molecule has 0 saturated carbocycles. The first kappa shape index (κ1) is 14.1. The van der Waals surface area contributed by atoms with Crippen LogP contribution in [-0.4, -0.2) is 0 Å². The summed E-state index contributed by atoms with van der Waals surface area (Å²) in [5.41, 5.74) is 3.25. The highest BCUT2D eigenvalue weighted by molar-refractivity contribution is 9.10. The van der Waals surface area contributed by atoms with Crippen molar-refractivity contribution in [2.75, 3.05) is 0 Å². The Morgan fingerprint density at radius 3 is 2.67 bits per heavy atom. The van der Waals surface area contributed by atoms with Crippen LogP contribution in [0.2, 0.25) is 0 Å². The molecule has 0 radical (unpaired) electrons. The highest BCUT2D eigenvalue weighted by Crippen LogP contribution is 2.29. The zero-order valence-corrected chi connectivity index (χ0v) is 13.3. The molecule has 0 amide bonds. The summed E-state index contributed by atoms with van der Waals surface area (Å²) in [6.45, 7) is 0. The van der Waals surface area contributed by atoms with Crippen LogP contribution in [-0.2, 0) is 6.42 Å². The third-order valence-corrected chi connectivity index (χ3v) is 5.06. The van der Waals surface area contributed by atoms with E-state index in [0.717, 1.165) is 13.8 Å². The largest absolute Gasteiger partial charge is 0.271 e. The Hall–Kier alpha value is -0.270. The molecule has 96 valence electrons. The van der Waals surface area contributed by atoms with Gasteiger partial charge in [-0.2, -0.15) is 0 Å². The van der Waals surface area contributed by atoms with Gasteiger partial charge in [0, 0.05) is 25.8 Å². The van der Waals surface area contributed by atoms with Crippen molar-refractivity contribution in [3.63, 3.8) is 0 Å². The molecule has 2 rings (SSSR count). The number of benzene rings is 1. The molecule has 0 bridgehead atoms. The molecule has 1 aromatic heterocycles. The van der Waals surface area contributed by atoms with Gasteiger partial charge >= 0.3 is 0 Å². The standard InChI is InChI=1S/C12H11Br2FN2S/c13-7-1-2-8(10(15)5-7)11(17-16)6-12-9(14)3-4-18-12/h1-5,11,17H,6,16H2. The topological polar surface area (TPSA) is 38.0 Å². The molecule has 18 heavy (non-hydrogen) atoms.